The van der Waals surface area contributed by atoms with Gasteiger partial charge in [-0.05, 0) is 61.8 Å². The van der Waals surface area contributed by atoms with Crippen molar-refractivity contribution >= 4 is 38.2 Å². The van der Waals surface area contributed by atoms with Gasteiger partial charge in [-0.15, -0.1) is 0 Å². The molecule has 2 heterocycles. The molecule has 11 heteroatoms. The molecule has 40 heavy (non-hydrogen) atoms. The summed E-state index contributed by atoms with van der Waals surface area (Å²) in [6.45, 7) is 7.68. The number of fused-ring (bicyclic) bond motifs is 3. The number of benzene rings is 2. The van der Waals surface area contributed by atoms with Crippen LogP contribution in [0.25, 0.3) is 27.4 Å². The molecule has 0 amide bonds. The molecule has 10 nitrogen and oxygen atoms in total. The van der Waals surface area contributed by atoms with E-state index in [1.165, 1.54) is 14.2 Å². The monoisotopic (exact) mass is 616 g/mol. The van der Waals surface area contributed by atoms with Gasteiger partial charge in [-0.2, -0.15) is 5.10 Å². The Morgan fingerprint density at radius 2 is 1.50 bits per heavy atom. The highest BCUT2D eigenvalue weighted by Gasteiger charge is 2.30. The Labute approximate surface area is 241 Å². The summed E-state index contributed by atoms with van der Waals surface area (Å²) >= 11 is 3.77. The Kier molecular flexibility index (Phi) is 8.95. The minimum atomic E-state index is -0.589. The van der Waals surface area contributed by atoms with Gasteiger partial charge in [0.2, 0.25) is 0 Å². The molecule has 0 N–H and O–H groups in total. The van der Waals surface area contributed by atoms with Crippen LogP contribution < -0.4 is 23.7 Å². The molecule has 0 spiro atoms. The number of ether oxygens (including phenoxy) is 7. The van der Waals surface area contributed by atoms with E-state index >= 15 is 0 Å². The van der Waals surface area contributed by atoms with E-state index < -0.39 is 5.97 Å². The highest BCUT2D eigenvalue weighted by atomic mass is 79.9. The normalized spacial score (nSPS) is 11.4. The molecule has 0 saturated heterocycles. The third kappa shape index (κ3) is 5.48. The van der Waals surface area contributed by atoms with Crippen LogP contribution in [-0.4, -0.2) is 63.0 Å². The Balaban J connectivity index is 2.10. The van der Waals surface area contributed by atoms with Gasteiger partial charge in [0.1, 0.15) is 5.75 Å². The van der Waals surface area contributed by atoms with E-state index in [0.717, 1.165) is 10.8 Å². The van der Waals surface area contributed by atoms with Crippen molar-refractivity contribution < 1.29 is 38.0 Å². The number of halogens is 1. The van der Waals surface area contributed by atoms with Crippen molar-refractivity contribution in [2.24, 2.45) is 0 Å². The third-order valence-corrected chi connectivity index (χ3v) is 6.73. The van der Waals surface area contributed by atoms with Crippen molar-refractivity contribution in [2.75, 3.05) is 35.2 Å². The molecule has 0 radical (unpaired) electrons. The van der Waals surface area contributed by atoms with Gasteiger partial charge in [-0.3, -0.25) is 0 Å². The molecule has 214 valence electrons. The molecule has 2 aromatic heterocycles. The van der Waals surface area contributed by atoms with E-state index in [1.807, 2.05) is 39.8 Å². The van der Waals surface area contributed by atoms with Crippen molar-refractivity contribution in [1.82, 2.24) is 9.61 Å². The first-order valence-corrected chi connectivity index (χ1v) is 13.4. The van der Waals surface area contributed by atoms with E-state index in [1.54, 1.807) is 37.1 Å². The molecule has 0 atom stereocenters. The van der Waals surface area contributed by atoms with Gasteiger partial charge in [0, 0.05) is 35.1 Å². The molecule has 0 saturated carbocycles. The summed E-state index contributed by atoms with van der Waals surface area (Å²) in [5.74, 6) is 1.90. The van der Waals surface area contributed by atoms with Crippen LogP contribution in [0.15, 0.2) is 34.9 Å². The predicted molar refractivity (Wildman–Crippen MR) is 154 cm³/mol. The Morgan fingerprint density at radius 1 is 0.875 bits per heavy atom. The number of carbonyl (C=O) groups excluding carboxylic acids is 1. The van der Waals surface area contributed by atoms with Crippen LogP contribution in [0, 0.1) is 0 Å². The van der Waals surface area contributed by atoms with Crippen LogP contribution in [0.2, 0.25) is 0 Å². The fourth-order valence-electron chi connectivity index (χ4n) is 4.41. The van der Waals surface area contributed by atoms with Gasteiger partial charge >= 0.3 is 5.97 Å². The van der Waals surface area contributed by atoms with Crippen LogP contribution in [0.1, 0.15) is 38.2 Å². The summed E-state index contributed by atoms with van der Waals surface area (Å²) in [6, 6.07) is 7.20. The largest absolute Gasteiger partial charge is 0.493 e. The van der Waals surface area contributed by atoms with Gasteiger partial charge < -0.3 is 33.2 Å². The Hall–Kier alpha value is -3.70. The molecule has 0 aliphatic rings. The second kappa shape index (κ2) is 12.2. The maximum absolute atomic E-state index is 13.3. The van der Waals surface area contributed by atoms with E-state index in [9.17, 15) is 4.79 Å². The first-order valence-electron chi connectivity index (χ1n) is 12.6. The number of rotatable bonds is 11. The molecular weight excluding hydrogens is 584 g/mol. The number of methoxy groups -OCH3 is 4. The molecule has 0 fully saturated rings. The minimum Gasteiger partial charge on any atom is -0.493 e. The maximum Gasteiger partial charge on any atom is 0.357 e. The first-order chi connectivity index (χ1) is 19.1. The van der Waals surface area contributed by atoms with Crippen LogP contribution in [-0.2, 0) is 9.47 Å². The molecule has 2 aromatic carbocycles. The zero-order valence-corrected chi connectivity index (χ0v) is 25.4. The summed E-state index contributed by atoms with van der Waals surface area (Å²) in [5, 5.41) is 6.19. The van der Waals surface area contributed by atoms with Gasteiger partial charge in [-0.1, -0.05) is 0 Å². The lowest BCUT2D eigenvalue weighted by molar-refractivity contribution is 0.0512. The summed E-state index contributed by atoms with van der Waals surface area (Å²) in [5.41, 5.74) is 1.85. The molecule has 0 aliphatic carbocycles. The number of aromatic nitrogens is 2. The number of hydrogen-bond donors (Lipinski definition) is 0. The number of hydrogen-bond acceptors (Lipinski definition) is 9. The van der Waals surface area contributed by atoms with Crippen LogP contribution >= 0.6 is 15.9 Å². The summed E-state index contributed by atoms with van der Waals surface area (Å²) in [7, 11) is 5.98. The zero-order valence-electron chi connectivity index (χ0n) is 23.8. The summed E-state index contributed by atoms with van der Waals surface area (Å²) in [4.78, 5) is 13.3. The van der Waals surface area contributed by atoms with Gasteiger partial charge in [0.25, 0.3) is 0 Å². The minimum absolute atomic E-state index is 0.0317. The lowest BCUT2D eigenvalue weighted by Gasteiger charge is -2.18. The lowest BCUT2D eigenvalue weighted by atomic mass is 10.0. The van der Waals surface area contributed by atoms with Crippen LogP contribution in [0.5, 0.6) is 28.7 Å². The smallest absolute Gasteiger partial charge is 0.357 e. The topological polar surface area (TPSA) is 99.0 Å². The van der Waals surface area contributed by atoms with Crippen molar-refractivity contribution in [3.8, 4) is 39.9 Å². The lowest BCUT2D eigenvalue weighted by Crippen LogP contribution is -2.10. The first kappa shape index (κ1) is 29.3. The fraction of sp³-hybridized carbons (Fsp3) is 0.379. The van der Waals surface area contributed by atoms with Crippen molar-refractivity contribution in [3.05, 3.63) is 40.6 Å². The standard InChI is InChI=1S/C29H33BrN2O8/c1-15(2)39-23-9-17-13-31-32-27(18(17)10-21(23)35-6)26(30)25(28(32)29(33)37-8)19-11-22(36-7)24(40-16(3)4)12-20(19)38-14-34-5/h9-13,15-16H,14H2,1-8H3. The Morgan fingerprint density at radius 3 is 2.08 bits per heavy atom. The average molecular weight is 617 g/mol. The SMILES string of the molecule is COCOc1cc(OC(C)C)c(OC)cc1-c1c(Br)c2c3cc(OC)c(OC(C)C)cc3cnn2c1C(=O)OC. The zero-order chi connectivity index (χ0) is 29.1. The predicted octanol–water partition coefficient (Wildman–Crippen LogP) is 6.28. The van der Waals surface area contributed by atoms with Crippen molar-refractivity contribution in [2.45, 2.75) is 39.9 Å². The van der Waals surface area contributed by atoms with Crippen LogP contribution in [0.3, 0.4) is 0 Å². The summed E-state index contributed by atoms with van der Waals surface area (Å²) in [6.07, 6.45) is 1.50. The number of esters is 1. The molecule has 0 bridgehead atoms. The van der Waals surface area contributed by atoms with Crippen LogP contribution in [0.4, 0.5) is 0 Å². The van der Waals surface area contributed by atoms with Gasteiger partial charge in [0.15, 0.2) is 35.5 Å². The molecule has 4 aromatic rings. The molecule has 0 unspecified atom stereocenters. The van der Waals surface area contributed by atoms with Crippen molar-refractivity contribution in [3.63, 3.8) is 0 Å². The van der Waals surface area contributed by atoms with Crippen molar-refractivity contribution in [1.29, 1.82) is 0 Å². The maximum atomic E-state index is 13.3. The van der Waals surface area contributed by atoms with E-state index in [0.29, 0.717) is 49.9 Å². The van der Waals surface area contributed by atoms with E-state index in [-0.39, 0.29) is 24.7 Å². The fourth-order valence-corrected chi connectivity index (χ4v) is 5.19. The quantitative estimate of drug-likeness (QED) is 0.142. The number of carbonyl (C=O) groups is 1. The second-order valence-electron chi connectivity index (χ2n) is 9.41. The molecule has 4 rings (SSSR count). The van der Waals surface area contributed by atoms with E-state index in [4.69, 9.17) is 33.2 Å². The third-order valence-electron chi connectivity index (χ3n) is 5.96. The number of nitrogens with zero attached hydrogens (tertiary/aromatic N) is 2. The summed E-state index contributed by atoms with van der Waals surface area (Å²) < 4.78 is 41.7. The Bertz CT molecular complexity index is 1550. The second-order valence-corrected chi connectivity index (χ2v) is 10.2. The molecule has 0 aliphatic heterocycles. The highest BCUT2D eigenvalue weighted by Crippen LogP contribution is 2.48. The average Bonchev–Trinajstić information content (AvgIpc) is 3.22. The molecular formula is C29H33BrN2O8. The van der Waals surface area contributed by atoms with E-state index in [2.05, 4.69) is 21.0 Å². The highest BCUT2D eigenvalue weighted by molar-refractivity contribution is 9.10. The van der Waals surface area contributed by atoms with Gasteiger partial charge in [-0.25, -0.2) is 9.31 Å². The van der Waals surface area contributed by atoms with Gasteiger partial charge in [0.05, 0.1) is 49.7 Å².